The van der Waals surface area contributed by atoms with E-state index in [9.17, 15) is 4.79 Å². The number of benzene rings is 1. The molecule has 2 rings (SSSR count). The Hall–Kier alpha value is -2.44. The zero-order valence-corrected chi connectivity index (χ0v) is 17.5. The van der Waals surface area contributed by atoms with Crippen LogP contribution < -0.4 is 20.1 Å². The van der Waals surface area contributed by atoms with Gasteiger partial charge in [0.2, 0.25) is 5.91 Å². The average Bonchev–Trinajstić information content (AvgIpc) is 2.72. The van der Waals surface area contributed by atoms with Crippen molar-refractivity contribution >= 4 is 11.9 Å². The monoisotopic (exact) mass is 390 g/mol. The third-order valence-corrected chi connectivity index (χ3v) is 4.90. The second-order valence-corrected chi connectivity index (χ2v) is 7.08. The van der Waals surface area contributed by atoms with Gasteiger partial charge in [0, 0.05) is 33.1 Å². The van der Waals surface area contributed by atoms with E-state index in [2.05, 4.69) is 22.5 Å². The number of methoxy groups -OCH3 is 1. The van der Waals surface area contributed by atoms with E-state index >= 15 is 0 Å². The quantitative estimate of drug-likeness (QED) is 0.526. The largest absolute Gasteiger partial charge is 0.493 e. The lowest BCUT2D eigenvalue weighted by molar-refractivity contribution is -0.121. The van der Waals surface area contributed by atoms with E-state index in [1.807, 2.05) is 31.2 Å². The Morgan fingerprint density at radius 1 is 1.29 bits per heavy atom. The summed E-state index contributed by atoms with van der Waals surface area (Å²) in [6, 6.07) is 7.65. The van der Waals surface area contributed by atoms with E-state index in [1.165, 1.54) is 0 Å². The van der Waals surface area contributed by atoms with Gasteiger partial charge in [0.1, 0.15) is 6.10 Å². The van der Waals surface area contributed by atoms with Gasteiger partial charge in [-0.1, -0.05) is 12.1 Å². The number of nitrogens with one attached hydrogen (secondary N) is 2. The first-order valence-corrected chi connectivity index (χ1v) is 10.1. The number of rotatable bonds is 8. The maximum atomic E-state index is 11.6. The number of ether oxygens (including phenoxy) is 2. The number of hydrogen-bond acceptors (Lipinski definition) is 4. The summed E-state index contributed by atoms with van der Waals surface area (Å²) in [5, 5.41) is 6.09. The topological polar surface area (TPSA) is 75.2 Å². The Balaban J connectivity index is 1.90. The lowest BCUT2D eigenvalue weighted by atomic mass is 9.93. The molecule has 0 bridgehead atoms. The molecule has 1 aliphatic rings. The number of likely N-dealkylation sites (tertiary alicyclic amines) is 1. The van der Waals surface area contributed by atoms with Gasteiger partial charge in [-0.25, -0.2) is 4.99 Å². The molecule has 28 heavy (non-hydrogen) atoms. The molecular formula is C21H34N4O3. The Labute approximate surface area is 168 Å². The highest BCUT2D eigenvalue weighted by molar-refractivity contribution is 5.80. The van der Waals surface area contributed by atoms with Gasteiger partial charge in [-0.3, -0.25) is 4.79 Å². The van der Waals surface area contributed by atoms with Gasteiger partial charge in [-0.15, -0.1) is 0 Å². The van der Waals surface area contributed by atoms with E-state index in [0.717, 1.165) is 49.9 Å². The number of guanidine groups is 1. The second-order valence-electron chi connectivity index (χ2n) is 7.08. The van der Waals surface area contributed by atoms with Crippen LogP contribution in [-0.4, -0.2) is 63.2 Å². The zero-order valence-electron chi connectivity index (χ0n) is 17.5. The van der Waals surface area contributed by atoms with Gasteiger partial charge in [0.25, 0.3) is 0 Å². The van der Waals surface area contributed by atoms with E-state index in [-0.39, 0.29) is 12.0 Å². The van der Waals surface area contributed by atoms with Crippen LogP contribution in [0.3, 0.4) is 0 Å². The molecule has 2 N–H and O–H groups in total. The molecule has 1 atom stereocenters. The van der Waals surface area contributed by atoms with Gasteiger partial charge >= 0.3 is 0 Å². The molecule has 0 radical (unpaired) electrons. The molecule has 0 aliphatic carbocycles. The lowest BCUT2D eigenvalue weighted by Crippen LogP contribution is -2.46. The Kier molecular flexibility index (Phi) is 8.91. The van der Waals surface area contributed by atoms with Crippen LogP contribution in [0.4, 0.5) is 0 Å². The highest BCUT2D eigenvalue weighted by Crippen LogP contribution is 2.27. The maximum Gasteiger partial charge on any atom is 0.220 e. The van der Waals surface area contributed by atoms with Crippen LogP contribution in [-0.2, 0) is 4.79 Å². The fraction of sp³-hybridized carbons (Fsp3) is 0.619. The fourth-order valence-electron chi connectivity index (χ4n) is 3.32. The molecule has 1 heterocycles. The summed E-state index contributed by atoms with van der Waals surface area (Å²) >= 11 is 0. The predicted molar refractivity (Wildman–Crippen MR) is 112 cm³/mol. The fourth-order valence-corrected chi connectivity index (χ4v) is 3.32. The van der Waals surface area contributed by atoms with Crippen molar-refractivity contribution in [3.05, 3.63) is 24.3 Å². The van der Waals surface area contributed by atoms with Crippen LogP contribution in [0.15, 0.2) is 29.3 Å². The van der Waals surface area contributed by atoms with Gasteiger partial charge in [0.15, 0.2) is 17.5 Å². The van der Waals surface area contributed by atoms with Crippen LogP contribution in [0.1, 0.15) is 33.1 Å². The molecule has 1 fully saturated rings. The summed E-state index contributed by atoms with van der Waals surface area (Å²) in [5.41, 5.74) is 0. The minimum Gasteiger partial charge on any atom is -0.493 e. The number of hydrogen-bond donors (Lipinski definition) is 2. The summed E-state index contributed by atoms with van der Waals surface area (Å²) in [5.74, 6) is 2.95. The molecular weight excluding hydrogens is 356 g/mol. The Morgan fingerprint density at radius 3 is 2.57 bits per heavy atom. The van der Waals surface area contributed by atoms with Crippen molar-refractivity contribution in [3.8, 4) is 11.5 Å². The molecule has 1 saturated heterocycles. The standard InChI is InChI=1S/C21H34N4O3/c1-5-23-21(25-12-10-17(11-13-25)14-20(26)22-3)24-15-16(2)28-19-9-7-6-8-18(19)27-4/h6-9,16-17H,5,10-15H2,1-4H3,(H,22,26)(H,23,24). The summed E-state index contributed by atoms with van der Waals surface area (Å²) in [4.78, 5) is 18.6. The molecule has 156 valence electrons. The van der Waals surface area contributed by atoms with Crippen LogP contribution in [0.25, 0.3) is 0 Å². The van der Waals surface area contributed by atoms with Crippen molar-refractivity contribution in [2.45, 2.75) is 39.2 Å². The SMILES string of the molecule is CCNC(=NCC(C)Oc1ccccc1OC)N1CCC(CC(=O)NC)CC1. The molecule has 1 aromatic rings. The van der Waals surface area contributed by atoms with Crippen molar-refractivity contribution < 1.29 is 14.3 Å². The predicted octanol–water partition coefficient (Wildman–Crippen LogP) is 2.28. The second kappa shape index (κ2) is 11.4. The summed E-state index contributed by atoms with van der Waals surface area (Å²) in [6.07, 6.45) is 2.55. The van der Waals surface area contributed by atoms with E-state index in [1.54, 1.807) is 14.2 Å². The van der Waals surface area contributed by atoms with Crippen LogP contribution >= 0.6 is 0 Å². The summed E-state index contributed by atoms with van der Waals surface area (Å²) in [7, 11) is 3.34. The molecule has 1 unspecified atom stereocenters. The maximum absolute atomic E-state index is 11.6. The minimum absolute atomic E-state index is 0.0734. The molecule has 0 spiro atoms. The molecule has 7 nitrogen and oxygen atoms in total. The highest BCUT2D eigenvalue weighted by Gasteiger charge is 2.23. The van der Waals surface area contributed by atoms with E-state index in [0.29, 0.717) is 18.9 Å². The average molecular weight is 391 g/mol. The van der Waals surface area contributed by atoms with Crippen molar-refractivity contribution in [2.24, 2.45) is 10.9 Å². The first-order valence-electron chi connectivity index (χ1n) is 10.1. The highest BCUT2D eigenvalue weighted by atomic mass is 16.5. The molecule has 0 saturated carbocycles. The van der Waals surface area contributed by atoms with Crippen molar-refractivity contribution in [1.29, 1.82) is 0 Å². The third-order valence-electron chi connectivity index (χ3n) is 4.90. The van der Waals surface area contributed by atoms with Crippen LogP contribution in [0, 0.1) is 5.92 Å². The van der Waals surface area contributed by atoms with Crippen molar-refractivity contribution in [3.63, 3.8) is 0 Å². The number of carbonyl (C=O) groups excluding carboxylic acids is 1. The summed E-state index contributed by atoms with van der Waals surface area (Å²) < 4.78 is 11.3. The van der Waals surface area contributed by atoms with Crippen LogP contribution in [0.5, 0.6) is 11.5 Å². The van der Waals surface area contributed by atoms with Gasteiger partial charge < -0.3 is 25.0 Å². The molecule has 1 aliphatic heterocycles. The smallest absolute Gasteiger partial charge is 0.220 e. The van der Waals surface area contributed by atoms with Gasteiger partial charge in [0.05, 0.1) is 13.7 Å². The number of para-hydroxylation sites is 2. The van der Waals surface area contributed by atoms with Crippen LogP contribution in [0.2, 0.25) is 0 Å². The van der Waals surface area contributed by atoms with Crippen molar-refractivity contribution in [1.82, 2.24) is 15.5 Å². The van der Waals surface area contributed by atoms with Gasteiger partial charge in [-0.05, 0) is 44.7 Å². The Morgan fingerprint density at radius 2 is 1.96 bits per heavy atom. The molecule has 1 aromatic carbocycles. The number of amides is 1. The number of nitrogens with zero attached hydrogens (tertiary/aromatic N) is 2. The minimum atomic E-state index is -0.0734. The first-order chi connectivity index (χ1) is 13.6. The zero-order chi connectivity index (χ0) is 20.4. The molecule has 0 aromatic heterocycles. The first kappa shape index (κ1) is 21.9. The van der Waals surface area contributed by atoms with E-state index in [4.69, 9.17) is 14.5 Å². The van der Waals surface area contributed by atoms with E-state index < -0.39 is 0 Å². The summed E-state index contributed by atoms with van der Waals surface area (Å²) in [6.45, 7) is 7.28. The Bertz CT molecular complexity index is 642. The number of carbonyl (C=O) groups is 1. The van der Waals surface area contributed by atoms with Crippen molar-refractivity contribution in [2.75, 3.05) is 40.3 Å². The lowest BCUT2D eigenvalue weighted by Gasteiger charge is -2.34. The molecule has 1 amide bonds. The number of piperidine rings is 1. The normalized spacial score (nSPS) is 16.4. The van der Waals surface area contributed by atoms with Gasteiger partial charge in [-0.2, -0.15) is 0 Å². The molecule has 7 heteroatoms. The third kappa shape index (κ3) is 6.62. The number of aliphatic imine (C=N–C) groups is 1.